The number of ether oxygens (including phenoxy) is 8. The van der Waals surface area contributed by atoms with Crippen LogP contribution in [0.1, 0.15) is 13.3 Å². The first kappa shape index (κ1) is 36.0. The summed E-state index contributed by atoms with van der Waals surface area (Å²) < 4.78 is 42.4. The van der Waals surface area contributed by atoms with E-state index < -0.39 is 9.85 Å². The standard InChI is InChI=1S/C25H41N3O13/c1-2-41-25(29)5-7-34-9-11-36-13-15-38-17-19-40-20-18-39-16-14-37-12-10-35-8-6-26-23-4-3-22(27(30)31)21-24(23)28(32)33/h3-4,21,26H,2,5-20H2,1H3. The van der Waals surface area contributed by atoms with E-state index in [4.69, 9.17) is 37.9 Å². The van der Waals surface area contributed by atoms with Crippen LogP contribution in [-0.2, 0) is 42.7 Å². The Hall–Kier alpha value is -2.99. The number of nitro benzene ring substituents is 2. The molecule has 0 saturated heterocycles. The second kappa shape index (κ2) is 24.8. The summed E-state index contributed by atoms with van der Waals surface area (Å²) in [4.78, 5) is 31.6. The van der Waals surface area contributed by atoms with Crippen LogP contribution in [0.25, 0.3) is 0 Å². The minimum atomic E-state index is -0.685. The molecule has 16 nitrogen and oxygen atoms in total. The van der Waals surface area contributed by atoms with Crippen LogP contribution in [0.2, 0.25) is 0 Å². The van der Waals surface area contributed by atoms with Gasteiger partial charge in [-0.05, 0) is 13.0 Å². The number of hydrogen-bond donors (Lipinski definition) is 1. The Morgan fingerprint density at radius 3 is 1.54 bits per heavy atom. The van der Waals surface area contributed by atoms with Crippen LogP contribution in [0.4, 0.5) is 17.1 Å². The van der Waals surface area contributed by atoms with Crippen molar-refractivity contribution in [1.29, 1.82) is 0 Å². The average Bonchev–Trinajstić information content (AvgIpc) is 2.95. The molecule has 41 heavy (non-hydrogen) atoms. The van der Waals surface area contributed by atoms with Crippen molar-refractivity contribution in [3.63, 3.8) is 0 Å². The van der Waals surface area contributed by atoms with Gasteiger partial charge in [-0.3, -0.25) is 25.0 Å². The van der Waals surface area contributed by atoms with Crippen LogP contribution in [0.5, 0.6) is 0 Å². The van der Waals surface area contributed by atoms with Gasteiger partial charge in [0.15, 0.2) is 0 Å². The van der Waals surface area contributed by atoms with Gasteiger partial charge >= 0.3 is 5.97 Å². The summed E-state index contributed by atoms with van der Waals surface area (Å²) in [5, 5.41) is 24.7. The number of nitrogens with one attached hydrogen (secondary N) is 1. The maximum Gasteiger partial charge on any atom is 0.308 e. The summed E-state index contributed by atoms with van der Waals surface area (Å²) in [7, 11) is 0. The van der Waals surface area contributed by atoms with Gasteiger partial charge in [-0.2, -0.15) is 0 Å². The van der Waals surface area contributed by atoms with Gasteiger partial charge in [-0.1, -0.05) is 0 Å². The number of anilines is 1. The van der Waals surface area contributed by atoms with Gasteiger partial charge in [0.2, 0.25) is 0 Å². The van der Waals surface area contributed by atoms with E-state index in [1.165, 1.54) is 12.1 Å². The summed E-state index contributed by atoms with van der Waals surface area (Å²) in [6, 6.07) is 3.41. The molecule has 0 amide bonds. The predicted molar refractivity (Wildman–Crippen MR) is 145 cm³/mol. The zero-order valence-corrected chi connectivity index (χ0v) is 23.5. The lowest BCUT2D eigenvalue weighted by molar-refractivity contribution is -0.393. The molecule has 234 valence electrons. The number of nitrogens with zero attached hydrogens (tertiary/aromatic N) is 2. The van der Waals surface area contributed by atoms with Crippen LogP contribution in [0.15, 0.2) is 18.2 Å². The first-order valence-corrected chi connectivity index (χ1v) is 13.3. The molecule has 0 fully saturated rings. The van der Waals surface area contributed by atoms with E-state index in [0.717, 1.165) is 6.07 Å². The van der Waals surface area contributed by atoms with Crippen LogP contribution in [0.3, 0.4) is 0 Å². The van der Waals surface area contributed by atoms with Crippen LogP contribution < -0.4 is 5.32 Å². The van der Waals surface area contributed by atoms with Gasteiger partial charge in [-0.25, -0.2) is 0 Å². The number of esters is 1. The molecule has 1 aromatic rings. The van der Waals surface area contributed by atoms with E-state index in [-0.39, 0.29) is 42.6 Å². The Kier molecular flexibility index (Phi) is 21.8. The molecule has 1 rings (SSSR count). The zero-order chi connectivity index (χ0) is 30.0. The SMILES string of the molecule is CCOC(=O)CCOCCOCCOCCOCCOCCOCCOCCNc1ccc([N+](=O)[O-])cc1[N+](=O)[O-]. The van der Waals surface area contributed by atoms with Gasteiger partial charge in [0.1, 0.15) is 5.69 Å². The van der Waals surface area contributed by atoms with E-state index >= 15 is 0 Å². The first-order valence-electron chi connectivity index (χ1n) is 13.3. The molecule has 0 heterocycles. The molecule has 0 bridgehead atoms. The van der Waals surface area contributed by atoms with Gasteiger partial charge in [0, 0.05) is 12.6 Å². The van der Waals surface area contributed by atoms with Crippen LogP contribution >= 0.6 is 0 Å². The molecule has 1 aromatic carbocycles. The van der Waals surface area contributed by atoms with E-state index in [0.29, 0.717) is 92.5 Å². The lowest BCUT2D eigenvalue weighted by Gasteiger charge is -2.09. The topological polar surface area (TPSA) is 189 Å². The Bertz CT molecular complexity index is 860. The van der Waals surface area contributed by atoms with E-state index in [9.17, 15) is 25.0 Å². The highest BCUT2D eigenvalue weighted by Gasteiger charge is 2.19. The third-order valence-corrected chi connectivity index (χ3v) is 4.94. The molecule has 0 saturated carbocycles. The highest BCUT2D eigenvalue weighted by Crippen LogP contribution is 2.28. The molecule has 0 atom stereocenters. The van der Waals surface area contributed by atoms with Gasteiger partial charge in [-0.15, -0.1) is 0 Å². The Morgan fingerprint density at radius 2 is 1.12 bits per heavy atom. The molecular weight excluding hydrogens is 550 g/mol. The summed E-state index contributed by atoms with van der Waals surface area (Å²) in [5.41, 5.74) is -0.532. The second-order valence-electron chi connectivity index (χ2n) is 7.98. The molecule has 0 aliphatic rings. The fourth-order valence-corrected chi connectivity index (χ4v) is 3.00. The van der Waals surface area contributed by atoms with Crippen molar-refractivity contribution in [1.82, 2.24) is 0 Å². The number of benzene rings is 1. The number of carbonyl (C=O) groups excluding carboxylic acids is 1. The number of non-ortho nitro benzene ring substituents is 1. The smallest absolute Gasteiger partial charge is 0.308 e. The van der Waals surface area contributed by atoms with Crippen molar-refractivity contribution in [3.05, 3.63) is 38.4 Å². The van der Waals surface area contributed by atoms with Crippen molar-refractivity contribution >= 4 is 23.0 Å². The minimum Gasteiger partial charge on any atom is -0.466 e. The average molecular weight is 592 g/mol. The molecule has 1 N–H and O–H groups in total. The largest absolute Gasteiger partial charge is 0.466 e. The first-order chi connectivity index (χ1) is 20.0. The molecule has 0 aromatic heterocycles. The lowest BCUT2D eigenvalue weighted by atomic mass is 10.2. The fraction of sp³-hybridized carbons (Fsp3) is 0.720. The highest BCUT2D eigenvalue weighted by atomic mass is 16.6. The third kappa shape index (κ3) is 19.7. The van der Waals surface area contributed by atoms with Crippen LogP contribution in [-0.4, -0.2) is 121 Å². The molecule has 0 unspecified atom stereocenters. The predicted octanol–water partition coefficient (Wildman–Crippen LogP) is 1.98. The van der Waals surface area contributed by atoms with Crippen molar-refractivity contribution in [3.8, 4) is 0 Å². The van der Waals surface area contributed by atoms with Crippen molar-refractivity contribution < 1.29 is 52.5 Å². The summed E-state index contributed by atoms with van der Waals surface area (Å²) >= 11 is 0. The molecular formula is C25H41N3O13. The molecule has 0 aliphatic carbocycles. The normalized spacial score (nSPS) is 11.0. The van der Waals surface area contributed by atoms with Crippen molar-refractivity contribution in [2.75, 3.05) is 111 Å². The van der Waals surface area contributed by atoms with Gasteiger partial charge in [0.05, 0.1) is 121 Å². The molecule has 0 aliphatic heterocycles. The summed E-state index contributed by atoms with van der Waals surface area (Å²) in [6.07, 6.45) is 0.237. The number of nitro groups is 2. The Balaban J connectivity index is 1.81. The second-order valence-corrected chi connectivity index (χ2v) is 7.98. The van der Waals surface area contributed by atoms with E-state index in [1.807, 2.05) is 0 Å². The number of rotatable bonds is 28. The number of hydrogen-bond acceptors (Lipinski definition) is 14. The fourth-order valence-electron chi connectivity index (χ4n) is 3.00. The van der Waals surface area contributed by atoms with Gasteiger partial charge in [0.25, 0.3) is 11.4 Å². The molecule has 0 radical (unpaired) electrons. The van der Waals surface area contributed by atoms with Crippen molar-refractivity contribution in [2.45, 2.75) is 13.3 Å². The maximum absolute atomic E-state index is 11.1. The highest BCUT2D eigenvalue weighted by molar-refractivity contribution is 5.69. The maximum atomic E-state index is 11.1. The van der Waals surface area contributed by atoms with E-state index in [1.54, 1.807) is 6.92 Å². The lowest BCUT2D eigenvalue weighted by Crippen LogP contribution is -2.15. The van der Waals surface area contributed by atoms with Crippen molar-refractivity contribution in [2.24, 2.45) is 0 Å². The minimum absolute atomic E-state index is 0.183. The molecule has 16 heteroatoms. The van der Waals surface area contributed by atoms with Gasteiger partial charge < -0.3 is 43.2 Å². The summed E-state index contributed by atoms with van der Waals surface area (Å²) in [6.45, 7) is 8.00. The molecule has 0 spiro atoms. The van der Waals surface area contributed by atoms with Crippen LogP contribution in [0, 0.1) is 20.2 Å². The zero-order valence-electron chi connectivity index (χ0n) is 23.5. The third-order valence-electron chi connectivity index (χ3n) is 4.94. The Morgan fingerprint density at radius 1 is 0.683 bits per heavy atom. The quantitative estimate of drug-likeness (QED) is 0.0644. The number of carbonyl (C=O) groups is 1. The van der Waals surface area contributed by atoms with E-state index in [2.05, 4.69) is 5.32 Å². The monoisotopic (exact) mass is 591 g/mol. The Labute approximate surface area is 238 Å². The summed E-state index contributed by atoms with van der Waals surface area (Å²) in [5.74, 6) is -0.269.